The zero-order valence-electron chi connectivity index (χ0n) is 11.7. The Hall–Kier alpha value is -0.0800. The van der Waals surface area contributed by atoms with E-state index in [4.69, 9.17) is 10.5 Å². The third kappa shape index (κ3) is 2.91. The third-order valence-corrected chi connectivity index (χ3v) is 5.52. The van der Waals surface area contributed by atoms with Crippen molar-refractivity contribution >= 4 is 0 Å². The van der Waals surface area contributed by atoms with Crippen LogP contribution in [0.4, 0.5) is 0 Å². The van der Waals surface area contributed by atoms with Crippen molar-refractivity contribution in [1.29, 1.82) is 0 Å². The van der Waals surface area contributed by atoms with Gasteiger partial charge in [-0.3, -0.25) is 0 Å². The van der Waals surface area contributed by atoms with E-state index < -0.39 is 0 Å². The quantitative estimate of drug-likeness (QED) is 0.758. The Bertz CT molecular complexity index is 272. The molecule has 2 nitrogen and oxygen atoms in total. The normalized spacial score (nSPS) is 40.2. The summed E-state index contributed by atoms with van der Waals surface area (Å²) in [5.41, 5.74) is 6.49. The maximum absolute atomic E-state index is 6.45. The Morgan fingerprint density at radius 2 is 1.72 bits per heavy atom. The molecule has 1 heterocycles. The van der Waals surface area contributed by atoms with Crippen molar-refractivity contribution in [2.75, 3.05) is 0 Å². The van der Waals surface area contributed by atoms with Crippen LogP contribution in [0.3, 0.4) is 0 Å². The second-order valence-corrected chi connectivity index (χ2v) is 7.05. The highest BCUT2D eigenvalue weighted by atomic mass is 16.5. The van der Waals surface area contributed by atoms with E-state index in [1.165, 1.54) is 77.0 Å². The number of nitrogens with two attached hydrogens (primary N) is 1. The van der Waals surface area contributed by atoms with Crippen molar-refractivity contribution < 1.29 is 4.74 Å². The fourth-order valence-corrected chi connectivity index (χ4v) is 4.54. The molecule has 104 valence electrons. The minimum Gasteiger partial charge on any atom is -0.372 e. The van der Waals surface area contributed by atoms with E-state index in [1.807, 2.05) is 0 Å². The van der Waals surface area contributed by atoms with Crippen molar-refractivity contribution in [3.05, 3.63) is 0 Å². The fourth-order valence-electron chi connectivity index (χ4n) is 4.54. The summed E-state index contributed by atoms with van der Waals surface area (Å²) in [6.45, 7) is 0. The molecule has 1 saturated heterocycles. The van der Waals surface area contributed by atoms with Crippen LogP contribution in [0.5, 0.6) is 0 Å². The number of hydrogen-bond acceptors (Lipinski definition) is 2. The van der Waals surface area contributed by atoms with Crippen LogP contribution in [0.2, 0.25) is 0 Å². The molecule has 1 aliphatic heterocycles. The Morgan fingerprint density at radius 1 is 0.944 bits per heavy atom. The Morgan fingerprint density at radius 3 is 2.56 bits per heavy atom. The smallest absolute Gasteiger partial charge is 0.0687 e. The first-order chi connectivity index (χ1) is 8.76. The molecule has 0 radical (unpaired) electrons. The van der Waals surface area contributed by atoms with E-state index in [1.54, 1.807) is 0 Å². The Balaban J connectivity index is 1.51. The highest BCUT2D eigenvalue weighted by molar-refractivity contribution is 4.93. The number of hydrogen-bond donors (Lipinski definition) is 1. The Kier molecular flexibility index (Phi) is 3.95. The Labute approximate surface area is 112 Å². The van der Waals surface area contributed by atoms with Crippen molar-refractivity contribution in [3.8, 4) is 0 Å². The molecule has 3 rings (SSSR count). The molecule has 2 N–H and O–H groups in total. The van der Waals surface area contributed by atoms with E-state index >= 15 is 0 Å². The molecule has 18 heavy (non-hydrogen) atoms. The van der Waals surface area contributed by atoms with Crippen molar-refractivity contribution in [2.45, 2.75) is 94.8 Å². The molecule has 3 atom stereocenters. The second-order valence-electron chi connectivity index (χ2n) is 7.05. The average molecular weight is 251 g/mol. The number of ether oxygens (including phenoxy) is 1. The molecule has 0 bridgehead atoms. The summed E-state index contributed by atoms with van der Waals surface area (Å²) in [6, 6.07) is 0.458. The third-order valence-electron chi connectivity index (χ3n) is 5.52. The van der Waals surface area contributed by atoms with Gasteiger partial charge in [-0.2, -0.15) is 0 Å². The summed E-state index contributed by atoms with van der Waals surface area (Å²) < 4.78 is 6.45. The molecule has 2 heteroatoms. The summed E-state index contributed by atoms with van der Waals surface area (Å²) in [5.74, 6) is 0.837. The topological polar surface area (TPSA) is 35.2 Å². The van der Waals surface area contributed by atoms with Crippen molar-refractivity contribution in [2.24, 2.45) is 11.7 Å². The SMILES string of the molecule is NC1CCCCC(CC2CCC3(CCCC3)O2)C1. The van der Waals surface area contributed by atoms with Gasteiger partial charge in [0.05, 0.1) is 11.7 Å². The first-order valence-electron chi connectivity index (χ1n) is 8.19. The first kappa shape index (κ1) is 12.9. The van der Waals surface area contributed by atoms with E-state index in [2.05, 4.69) is 0 Å². The van der Waals surface area contributed by atoms with Crippen molar-refractivity contribution in [1.82, 2.24) is 0 Å². The van der Waals surface area contributed by atoms with Crippen LogP contribution >= 0.6 is 0 Å². The maximum atomic E-state index is 6.45. The highest BCUT2D eigenvalue weighted by Crippen LogP contribution is 2.45. The largest absolute Gasteiger partial charge is 0.372 e. The van der Waals surface area contributed by atoms with Crippen molar-refractivity contribution in [3.63, 3.8) is 0 Å². The van der Waals surface area contributed by atoms with Gasteiger partial charge in [0, 0.05) is 6.04 Å². The molecule has 3 unspecified atom stereocenters. The van der Waals surface area contributed by atoms with Crippen LogP contribution in [0.25, 0.3) is 0 Å². The summed E-state index contributed by atoms with van der Waals surface area (Å²) in [7, 11) is 0. The molecule has 1 spiro atoms. The summed E-state index contributed by atoms with van der Waals surface area (Å²) in [6.07, 6.45) is 16.5. The predicted octanol–water partition coefficient (Wildman–Crippen LogP) is 3.78. The molecular formula is C16H29NO. The summed E-state index contributed by atoms with van der Waals surface area (Å²) >= 11 is 0. The zero-order chi connectivity index (χ0) is 12.4. The van der Waals surface area contributed by atoms with Gasteiger partial charge in [0.25, 0.3) is 0 Å². The zero-order valence-corrected chi connectivity index (χ0v) is 11.7. The molecule has 2 aliphatic carbocycles. The maximum Gasteiger partial charge on any atom is 0.0687 e. The van der Waals surface area contributed by atoms with Crippen LogP contribution < -0.4 is 5.73 Å². The lowest BCUT2D eigenvalue weighted by Crippen LogP contribution is -2.27. The van der Waals surface area contributed by atoms with Gasteiger partial charge in [-0.15, -0.1) is 0 Å². The molecule has 0 aromatic rings. The van der Waals surface area contributed by atoms with Gasteiger partial charge in [-0.05, 0) is 50.9 Å². The van der Waals surface area contributed by atoms with Crippen LogP contribution in [0.15, 0.2) is 0 Å². The second kappa shape index (κ2) is 5.50. The summed E-state index contributed by atoms with van der Waals surface area (Å²) in [5, 5.41) is 0. The van der Waals surface area contributed by atoms with Gasteiger partial charge < -0.3 is 10.5 Å². The molecule has 0 aromatic heterocycles. The van der Waals surface area contributed by atoms with Crippen LogP contribution in [-0.2, 0) is 4.74 Å². The molecule has 2 saturated carbocycles. The molecule has 3 fully saturated rings. The predicted molar refractivity (Wildman–Crippen MR) is 74.5 cm³/mol. The summed E-state index contributed by atoms with van der Waals surface area (Å²) in [4.78, 5) is 0. The van der Waals surface area contributed by atoms with Gasteiger partial charge in [-0.1, -0.05) is 32.1 Å². The average Bonchev–Trinajstić information content (AvgIpc) is 2.90. The fraction of sp³-hybridized carbons (Fsp3) is 1.00. The van der Waals surface area contributed by atoms with Gasteiger partial charge in [0.15, 0.2) is 0 Å². The van der Waals surface area contributed by atoms with Gasteiger partial charge in [-0.25, -0.2) is 0 Å². The lowest BCUT2D eigenvalue weighted by atomic mass is 9.91. The van der Waals surface area contributed by atoms with E-state index in [9.17, 15) is 0 Å². The highest BCUT2D eigenvalue weighted by Gasteiger charge is 2.42. The van der Waals surface area contributed by atoms with Gasteiger partial charge in [0.1, 0.15) is 0 Å². The minimum atomic E-state index is 0.317. The lowest BCUT2D eigenvalue weighted by Gasteiger charge is -2.26. The van der Waals surface area contributed by atoms with Crippen LogP contribution in [-0.4, -0.2) is 17.7 Å². The van der Waals surface area contributed by atoms with E-state index in [0.717, 1.165) is 5.92 Å². The molecule has 0 aromatic carbocycles. The van der Waals surface area contributed by atoms with E-state index in [-0.39, 0.29) is 0 Å². The van der Waals surface area contributed by atoms with Gasteiger partial charge >= 0.3 is 0 Å². The van der Waals surface area contributed by atoms with Crippen LogP contribution in [0, 0.1) is 5.92 Å². The molecular weight excluding hydrogens is 222 g/mol. The monoisotopic (exact) mass is 251 g/mol. The first-order valence-corrected chi connectivity index (χ1v) is 8.19. The minimum absolute atomic E-state index is 0.317. The van der Waals surface area contributed by atoms with Crippen LogP contribution in [0.1, 0.15) is 77.0 Å². The molecule has 0 amide bonds. The van der Waals surface area contributed by atoms with E-state index in [0.29, 0.717) is 17.7 Å². The molecule has 3 aliphatic rings. The van der Waals surface area contributed by atoms with Gasteiger partial charge in [0.2, 0.25) is 0 Å². The lowest BCUT2D eigenvalue weighted by molar-refractivity contribution is -0.0449. The number of rotatable bonds is 2. The standard InChI is InChI=1S/C16H29NO/c17-14-6-2-1-5-13(11-14)12-15-7-10-16(18-15)8-3-4-9-16/h13-15H,1-12,17H2.